The van der Waals surface area contributed by atoms with E-state index in [0.29, 0.717) is 4.83 Å². The summed E-state index contributed by atoms with van der Waals surface area (Å²) >= 11 is 6.02. The summed E-state index contributed by atoms with van der Waals surface area (Å²) in [6.07, 6.45) is 2.41. The largest absolute Gasteiger partial charge is 0.0891 e. The molecule has 78 valence electrons. The number of alkyl halides is 1. The van der Waals surface area contributed by atoms with Gasteiger partial charge in [-0.25, -0.2) is 0 Å². The molecule has 0 nitrogen and oxygen atoms in total. The van der Waals surface area contributed by atoms with Gasteiger partial charge < -0.3 is 0 Å². The van der Waals surface area contributed by atoms with Gasteiger partial charge in [0.2, 0.25) is 0 Å². The number of benzene rings is 1. The van der Waals surface area contributed by atoms with E-state index < -0.39 is 0 Å². The van der Waals surface area contributed by atoms with Crippen molar-refractivity contribution in [1.29, 1.82) is 0 Å². The lowest BCUT2D eigenvalue weighted by atomic mass is 9.95. The van der Waals surface area contributed by atoms with E-state index >= 15 is 0 Å². The van der Waals surface area contributed by atoms with Gasteiger partial charge in [0.1, 0.15) is 0 Å². The van der Waals surface area contributed by atoms with E-state index in [4.69, 9.17) is 0 Å². The maximum atomic E-state index is 3.67. The quantitative estimate of drug-likeness (QED) is 0.537. The van der Waals surface area contributed by atoms with Crippen LogP contribution >= 0.6 is 38.5 Å². The Kier molecular flexibility index (Phi) is 5.45. The SMILES string of the molecule is CCC(Cc1ccc(I)cc1)C(C)Br. The summed E-state index contributed by atoms with van der Waals surface area (Å²) in [5.74, 6) is 0.745. The topological polar surface area (TPSA) is 0 Å². The molecule has 0 saturated carbocycles. The van der Waals surface area contributed by atoms with E-state index in [1.165, 1.54) is 22.0 Å². The van der Waals surface area contributed by atoms with Gasteiger partial charge in [-0.1, -0.05) is 48.3 Å². The molecule has 1 aromatic rings. The summed E-state index contributed by atoms with van der Waals surface area (Å²) in [6, 6.07) is 8.84. The Morgan fingerprint density at radius 3 is 2.29 bits per heavy atom. The normalized spacial score (nSPS) is 15.1. The molecule has 0 amide bonds. The minimum Gasteiger partial charge on any atom is -0.0891 e. The Morgan fingerprint density at radius 2 is 1.86 bits per heavy atom. The molecule has 0 spiro atoms. The monoisotopic (exact) mass is 366 g/mol. The third-order valence-electron chi connectivity index (χ3n) is 2.59. The van der Waals surface area contributed by atoms with Crippen LogP contribution in [0, 0.1) is 9.49 Å². The van der Waals surface area contributed by atoms with Gasteiger partial charge in [0.15, 0.2) is 0 Å². The summed E-state index contributed by atoms with van der Waals surface area (Å²) in [6.45, 7) is 4.50. The molecule has 1 aromatic carbocycles. The minimum absolute atomic E-state index is 0.603. The molecule has 14 heavy (non-hydrogen) atoms. The van der Waals surface area contributed by atoms with Crippen LogP contribution in [0.25, 0.3) is 0 Å². The van der Waals surface area contributed by atoms with Crippen molar-refractivity contribution in [3.05, 3.63) is 33.4 Å². The second-order valence-electron chi connectivity index (χ2n) is 3.68. The van der Waals surface area contributed by atoms with E-state index in [2.05, 4.69) is 76.6 Å². The van der Waals surface area contributed by atoms with Crippen LogP contribution in [-0.4, -0.2) is 4.83 Å². The predicted octanol–water partition coefficient (Wildman–Crippen LogP) is 4.64. The van der Waals surface area contributed by atoms with Crippen molar-refractivity contribution >= 4 is 38.5 Å². The van der Waals surface area contributed by atoms with E-state index in [1.807, 2.05) is 0 Å². The summed E-state index contributed by atoms with van der Waals surface area (Å²) < 4.78 is 1.31. The van der Waals surface area contributed by atoms with Gasteiger partial charge in [0.05, 0.1) is 0 Å². The molecule has 1 rings (SSSR count). The first-order chi connectivity index (χ1) is 6.63. The van der Waals surface area contributed by atoms with Gasteiger partial charge in [0.25, 0.3) is 0 Å². The fraction of sp³-hybridized carbons (Fsp3) is 0.500. The molecule has 2 heteroatoms. The molecule has 0 fully saturated rings. The maximum Gasteiger partial charge on any atom is 0.0148 e. The van der Waals surface area contributed by atoms with Gasteiger partial charge >= 0.3 is 0 Å². The van der Waals surface area contributed by atoms with Crippen LogP contribution in [0.4, 0.5) is 0 Å². The fourth-order valence-corrected chi connectivity index (χ4v) is 2.48. The van der Waals surface area contributed by atoms with Gasteiger partial charge in [-0.3, -0.25) is 0 Å². The van der Waals surface area contributed by atoms with Crippen molar-refractivity contribution in [2.75, 3.05) is 0 Å². The lowest BCUT2D eigenvalue weighted by Gasteiger charge is -2.17. The third-order valence-corrected chi connectivity index (χ3v) is 4.05. The molecule has 0 heterocycles. The first-order valence-electron chi connectivity index (χ1n) is 5.02. The Bertz CT molecular complexity index is 266. The van der Waals surface area contributed by atoms with Crippen molar-refractivity contribution in [3.8, 4) is 0 Å². The highest BCUT2D eigenvalue weighted by atomic mass is 127. The van der Waals surface area contributed by atoms with Crippen molar-refractivity contribution in [1.82, 2.24) is 0 Å². The molecule has 0 bridgehead atoms. The van der Waals surface area contributed by atoms with Crippen LogP contribution in [0.2, 0.25) is 0 Å². The zero-order valence-electron chi connectivity index (χ0n) is 8.63. The summed E-state index contributed by atoms with van der Waals surface area (Å²) in [5.41, 5.74) is 1.45. The first-order valence-corrected chi connectivity index (χ1v) is 7.01. The van der Waals surface area contributed by atoms with E-state index in [1.54, 1.807) is 0 Å². The van der Waals surface area contributed by atoms with Gasteiger partial charge in [-0.15, -0.1) is 0 Å². The average molecular weight is 367 g/mol. The molecule has 2 unspecified atom stereocenters. The highest BCUT2D eigenvalue weighted by Crippen LogP contribution is 2.21. The molecule has 2 atom stereocenters. The average Bonchev–Trinajstić information content (AvgIpc) is 2.16. The van der Waals surface area contributed by atoms with Crippen LogP contribution in [0.5, 0.6) is 0 Å². The minimum atomic E-state index is 0.603. The molecule has 0 aliphatic carbocycles. The number of hydrogen-bond acceptors (Lipinski definition) is 0. The fourth-order valence-electron chi connectivity index (χ4n) is 1.55. The summed E-state index contributed by atoms with van der Waals surface area (Å²) in [5, 5.41) is 0. The Balaban J connectivity index is 2.63. The summed E-state index contributed by atoms with van der Waals surface area (Å²) in [7, 11) is 0. The molecular weight excluding hydrogens is 351 g/mol. The van der Waals surface area contributed by atoms with Crippen molar-refractivity contribution in [2.24, 2.45) is 5.92 Å². The smallest absolute Gasteiger partial charge is 0.0148 e. The highest BCUT2D eigenvalue weighted by molar-refractivity contribution is 14.1. The van der Waals surface area contributed by atoms with E-state index in [-0.39, 0.29) is 0 Å². The molecule has 0 saturated heterocycles. The van der Waals surface area contributed by atoms with Crippen LogP contribution < -0.4 is 0 Å². The molecule has 0 radical (unpaired) electrons. The second-order valence-corrected chi connectivity index (χ2v) is 6.37. The molecule has 0 aromatic heterocycles. The summed E-state index contributed by atoms with van der Waals surface area (Å²) in [4.78, 5) is 0.603. The lowest BCUT2D eigenvalue weighted by Crippen LogP contribution is -2.12. The Hall–Kier alpha value is 0.430. The van der Waals surface area contributed by atoms with Crippen LogP contribution in [0.15, 0.2) is 24.3 Å². The van der Waals surface area contributed by atoms with Gasteiger partial charge in [0, 0.05) is 8.40 Å². The lowest BCUT2D eigenvalue weighted by molar-refractivity contribution is 0.508. The first kappa shape index (κ1) is 12.5. The number of rotatable bonds is 4. The molecule has 0 aliphatic rings. The zero-order chi connectivity index (χ0) is 10.6. The highest BCUT2D eigenvalue weighted by Gasteiger charge is 2.12. The van der Waals surface area contributed by atoms with Crippen LogP contribution in [0.1, 0.15) is 25.8 Å². The van der Waals surface area contributed by atoms with E-state index in [9.17, 15) is 0 Å². The predicted molar refractivity (Wildman–Crippen MR) is 75.0 cm³/mol. The maximum absolute atomic E-state index is 3.67. The molecule has 0 N–H and O–H groups in total. The van der Waals surface area contributed by atoms with Crippen molar-refractivity contribution < 1.29 is 0 Å². The third kappa shape index (κ3) is 3.89. The van der Waals surface area contributed by atoms with Crippen LogP contribution in [0.3, 0.4) is 0 Å². The Labute approximate surface area is 109 Å². The molecular formula is C12H16BrI. The number of hydrogen-bond donors (Lipinski definition) is 0. The van der Waals surface area contributed by atoms with Gasteiger partial charge in [-0.2, -0.15) is 0 Å². The van der Waals surface area contributed by atoms with E-state index in [0.717, 1.165) is 5.92 Å². The standard InChI is InChI=1S/C12H16BrI/c1-3-11(9(2)13)8-10-4-6-12(14)7-5-10/h4-7,9,11H,3,8H2,1-2H3. The second kappa shape index (κ2) is 6.11. The van der Waals surface area contributed by atoms with Gasteiger partial charge in [-0.05, 0) is 52.6 Å². The number of halogens is 2. The van der Waals surface area contributed by atoms with Crippen molar-refractivity contribution in [2.45, 2.75) is 31.5 Å². The Morgan fingerprint density at radius 1 is 1.29 bits per heavy atom. The van der Waals surface area contributed by atoms with Crippen LogP contribution in [-0.2, 0) is 6.42 Å². The zero-order valence-corrected chi connectivity index (χ0v) is 12.4. The van der Waals surface area contributed by atoms with Crippen molar-refractivity contribution in [3.63, 3.8) is 0 Å². The molecule has 0 aliphatic heterocycles.